The summed E-state index contributed by atoms with van der Waals surface area (Å²) in [6.07, 6.45) is 13.3. The standard InChI is InChI=1S/C18H18N8S/c1-2-4-14-12(3-1)15-17(21-7-9-26-10-8-22-25-26)23-16(24-18(15)27-14)13-11-19-5-6-20-13/h5-6,8,10-11H,1-4,7,9H2,(H,21,23,24). The molecule has 0 atom stereocenters. The highest BCUT2D eigenvalue weighted by Crippen LogP contribution is 2.39. The summed E-state index contributed by atoms with van der Waals surface area (Å²) in [7, 11) is 0. The van der Waals surface area contributed by atoms with Gasteiger partial charge in [0.1, 0.15) is 16.3 Å². The lowest BCUT2D eigenvalue weighted by Crippen LogP contribution is -2.13. The Morgan fingerprint density at radius 1 is 1.11 bits per heavy atom. The van der Waals surface area contributed by atoms with Crippen LogP contribution in [-0.2, 0) is 19.4 Å². The average Bonchev–Trinajstić information content (AvgIpc) is 3.36. The van der Waals surface area contributed by atoms with Crippen molar-refractivity contribution in [2.75, 3.05) is 11.9 Å². The molecule has 8 nitrogen and oxygen atoms in total. The summed E-state index contributed by atoms with van der Waals surface area (Å²) >= 11 is 1.79. The highest BCUT2D eigenvalue weighted by Gasteiger charge is 2.21. The lowest BCUT2D eigenvalue weighted by atomic mass is 9.97. The lowest BCUT2D eigenvalue weighted by molar-refractivity contribution is 0.608. The summed E-state index contributed by atoms with van der Waals surface area (Å²) in [5.41, 5.74) is 2.10. The number of thiophene rings is 1. The molecule has 0 aromatic carbocycles. The molecule has 0 bridgehead atoms. The van der Waals surface area contributed by atoms with Gasteiger partial charge in [-0.25, -0.2) is 15.0 Å². The molecule has 4 aromatic rings. The van der Waals surface area contributed by atoms with Crippen LogP contribution < -0.4 is 5.32 Å². The van der Waals surface area contributed by atoms with Gasteiger partial charge in [0.15, 0.2) is 5.82 Å². The smallest absolute Gasteiger partial charge is 0.183 e. The SMILES string of the molecule is c1cnc(-c2nc(NCCn3ccnn3)c3c4c(sc3n2)CCCC4)cn1. The highest BCUT2D eigenvalue weighted by molar-refractivity contribution is 7.19. The topological polar surface area (TPSA) is 94.3 Å². The maximum atomic E-state index is 4.81. The van der Waals surface area contributed by atoms with E-state index in [9.17, 15) is 0 Å². The van der Waals surface area contributed by atoms with Gasteiger partial charge in [-0.05, 0) is 31.2 Å². The minimum Gasteiger partial charge on any atom is -0.368 e. The third kappa shape index (κ3) is 3.14. The van der Waals surface area contributed by atoms with Crippen molar-refractivity contribution in [3.05, 3.63) is 41.4 Å². The Hall–Kier alpha value is -2.94. The number of aryl methyl sites for hydroxylation is 2. The predicted octanol–water partition coefficient (Wildman–Crippen LogP) is 2.73. The van der Waals surface area contributed by atoms with Crippen molar-refractivity contribution in [2.24, 2.45) is 0 Å². The molecule has 1 N–H and O–H groups in total. The van der Waals surface area contributed by atoms with E-state index >= 15 is 0 Å². The van der Waals surface area contributed by atoms with Crippen LogP contribution in [0.4, 0.5) is 5.82 Å². The van der Waals surface area contributed by atoms with Crippen molar-refractivity contribution in [2.45, 2.75) is 32.2 Å². The van der Waals surface area contributed by atoms with Gasteiger partial charge in [0.2, 0.25) is 0 Å². The number of fused-ring (bicyclic) bond motifs is 3. The van der Waals surface area contributed by atoms with Gasteiger partial charge in [0.05, 0.1) is 24.3 Å². The molecule has 27 heavy (non-hydrogen) atoms. The molecule has 0 spiro atoms. The molecule has 1 aliphatic rings. The molecular formula is C18H18N8S. The van der Waals surface area contributed by atoms with Crippen molar-refractivity contribution < 1.29 is 0 Å². The zero-order valence-corrected chi connectivity index (χ0v) is 15.5. The van der Waals surface area contributed by atoms with Crippen LogP contribution in [-0.4, -0.2) is 41.5 Å². The monoisotopic (exact) mass is 378 g/mol. The number of hydrogen-bond acceptors (Lipinski definition) is 8. The van der Waals surface area contributed by atoms with E-state index in [4.69, 9.17) is 9.97 Å². The molecule has 0 aliphatic heterocycles. The molecular weight excluding hydrogens is 360 g/mol. The second-order valence-electron chi connectivity index (χ2n) is 6.47. The van der Waals surface area contributed by atoms with Crippen molar-refractivity contribution in [3.63, 3.8) is 0 Å². The molecule has 4 heterocycles. The lowest BCUT2D eigenvalue weighted by Gasteiger charge is -2.13. The minimum atomic E-state index is 0.609. The maximum Gasteiger partial charge on any atom is 0.183 e. The Kier molecular flexibility index (Phi) is 4.21. The third-order valence-electron chi connectivity index (χ3n) is 4.71. The molecule has 0 saturated carbocycles. The Labute approximate surface area is 159 Å². The number of anilines is 1. The van der Waals surface area contributed by atoms with Gasteiger partial charge in [-0.3, -0.25) is 9.67 Å². The second kappa shape index (κ2) is 6.99. The van der Waals surface area contributed by atoms with Gasteiger partial charge in [0, 0.05) is 30.0 Å². The number of aromatic nitrogens is 7. The predicted molar refractivity (Wildman–Crippen MR) is 104 cm³/mol. The van der Waals surface area contributed by atoms with Crippen molar-refractivity contribution in [1.29, 1.82) is 0 Å². The number of rotatable bonds is 5. The van der Waals surface area contributed by atoms with E-state index < -0.39 is 0 Å². The molecule has 0 saturated heterocycles. The molecule has 5 rings (SSSR count). The second-order valence-corrected chi connectivity index (χ2v) is 7.55. The summed E-state index contributed by atoms with van der Waals surface area (Å²) in [5, 5.41) is 12.5. The fourth-order valence-corrected chi connectivity index (χ4v) is 4.72. The van der Waals surface area contributed by atoms with Crippen molar-refractivity contribution in [1.82, 2.24) is 34.9 Å². The molecule has 0 amide bonds. The summed E-state index contributed by atoms with van der Waals surface area (Å²) in [6, 6.07) is 0. The molecule has 0 radical (unpaired) electrons. The molecule has 4 aromatic heterocycles. The van der Waals surface area contributed by atoms with Crippen LogP contribution >= 0.6 is 11.3 Å². The minimum absolute atomic E-state index is 0.609. The Morgan fingerprint density at radius 2 is 2.07 bits per heavy atom. The van der Waals surface area contributed by atoms with Crippen LogP contribution in [0.3, 0.4) is 0 Å². The third-order valence-corrected chi connectivity index (χ3v) is 5.90. The van der Waals surface area contributed by atoms with Gasteiger partial charge in [0.25, 0.3) is 0 Å². The van der Waals surface area contributed by atoms with Gasteiger partial charge < -0.3 is 5.32 Å². The van der Waals surface area contributed by atoms with Crippen LogP contribution in [0.5, 0.6) is 0 Å². The Morgan fingerprint density at radius 3 is 2.93 bits per heavy atom. The quantitative estimate of drug-likeness (QED) is 0.570. The van der Waals surface area contributed by atoms with E-state index in [0.29, 0.717) is 18.1 Å². The van der Waals surface area contributed by atoms with Gasteiger partial charge in [-0.1, -0.05) is 5.21 Å². The number of nitrogens with zero attached hydrogens (tertiary/aromatic N) is 7. The Balaban J connectivity index is 1.55. The van der Waals surface area contributed by atoms with Crippen LogP contribution in [0.15, 0.2) is 31.0 Å². The van der Waals surface area contributed by atoms with Crippen LogP contribution in [0.25, 0.3) is 21.7 Å². The number of hydrogen-bond donors (Lipinski definition) is 1. The molecule has 1 aliphatic carbocycles. The number of nitrogens with one attached hydrogen (secondary N) is 1. The van der Waals surface area contributed by atoms with E-state index in [2.05, 4.69) is 25.6 Å². The van der Waals surface area contributed by atoms with Crippen LogP contribution in [0.1, 0.15) is 23.3 Å². The highest BCUT2D eigenvalue weighted by atomic mass is 32.1. The van der Waals surface area contributed by atoms with E-state index in [0.717, 1.165) is 30.0 Å². The largest absolute Gasteiger partial charge is 0.368 e. The van der Waals surface area contributed by atoms with Gasteiger partial charge >= 0.3 is 0 Å². The summed E-state index contributed by atoms with van der Waals surface area (Å²) in [4.78, 5) is 20.6. The van der Waals surface area contributed by atoms with E-state index in [1.54, 1.807) is 40.8 Å². The van der Waals surface area contributed by atoms with Crippen molar-refractivity contribution >= 4 is 27.4 Å². The Bertz CT molecular complexity index is 1060. The summed E-state index contributed by atoms with van der Waals surface area (Å²) in [5.74, 6) is 1.48. The zero-order chi connectivity index (χ0) is 18.1. The first-order valence-electron chi connectivity index (χ1n) is 9.05. The van der Waals surface area contributed by atoms with Crippen LogP contribution in [0, 0.1) is 0 Å². The van der Waals surface area contributed by atoms with Crippen LogP contribution in [0.2, 0.25) is 0 Å². The zero-order valence-electron chi connectivity index (χ0n) is 14.7. The van der Waals surface area contributed by atoms with E-state index in [-0.39, 0.29) is 0 Å². The fourth-order valence-electron chi connectivity index (χ4n) is 3.46. The summed E-state index contributed by atoms with van der Waals surface area (Å²) < 4.78 is 1.80. The van der Waals surface area contributed by atoms with Gasteiger partial charge in [-0.2, -0.15) is 0 Å². The molecule has 0 unspecified atom stereocenters. The average molecular weight is 378 g/mol. The normalized spacial score (nSPS) is 13.6. The first-order valence-corrected chi connectivity index (χ1v) is 9.87. The first kappa shape index (κ1) is 16.2. The summed E-state index contributed by atoms with van der Waals surface area (Å²) in [6.45, 7) is 1.43. The molecule has 0 fully saturated rings. The maximum absolute atomic E-state index is 4.81. The first-order chi connectivity index (χ1) is 13.4. The van der Waals surface area contributed by atoms with E-state index in [1.807, 2.05) is 6.20 Å². The van der Waals surface area contributed by atoms with E-state index in [1.165, 1.54) is 28.7 Å². The van der Waals surface area contributed by atoms with Gasteiger partial charge in [-0.15, -0.1) is 16.4 Å². The van der Waals surface area contributed by atoms with Crippen molar-refractivity contribution in [3.8, 4) is 11.5 Å². The molecule has 9 heteroatoms. The molecule has 136 valence electrons. The fraction of sp³-hybridized carbons (Fsp3) is 0.333.